The van der Waals surface area contributed by atoms with Crippen LogP contribution < -0.4 is 0 Å². The van der Waals surface area contributed by atoms with Crippen molar-refractivity contribution in [1.29, 1.82) is 0 Å². The molecule has 0 aliphatic carbocycles. The molecule has 0 radical (unpaired) electrons. The number of hydrogen-bond acceptors (Lipinski definition) is 3. The van der Waals surface area contributed by atoms with Gasteiger partial charge in [-0.2, -0.15) is 0 Å². The lowest BCUT2D eigenvalue weighted by Crippen LogP contribution is -1.94. The van der Waals surface area contributed by atoms with Crippen LogP contribution in [0, 0.1) is 3.57 Å². The van der Waals surface area contributed by atoms with Gasteiger partial charge in [0.15, 0.2) is 5.82 Å². The average Bonchev–Trinajstić information content (AvgIpc) is 2.25. The Balaban J connectivity index is 2.57. The van der Waals surface area contributed by atoms with Crippen molar-refractivity contribution in [3.8, 4) is 11.4 Å². The third-order valence-corrected chi connectivity index (χ3v) is 4.37. The summed E-state index contributed by atoms with van der Waals surface area (Å²) in [6.07, 6.45) is 3.33. The highest BCUT2D eigenvalue weighted by atomic mass is 127. The van der Waals surface area contributed by atoms with Crippen molar-refractivity contribution in [2.75, 3.05) is 0 Å². The van der Waals surface area contributed by atoms with Gasteiger partial charge in [-0.05, 0) is 44.6 Å². The van der Waals surface area contributed by atoms with Crippen LogP contribution in [0.3, 0.4) is 0 Å². The number of hydrogen-bond donors (Lipinski definition) is 0. The molecule has 0 aromatic carbocycles. The summed E-state index contributed by atoms with van der Waals surface area (Å²) in [5.41, 5.74) is 0.759. The minimum Gasteiger partial charge on any atom is -0.263 e. The van der Waals surface area contributed by atoms with Crippen molar-refractivity contribution in [1.82, 2.24) is 15.0 Å². The van der Waals surface area contributed by atoms with E-state index in [0.717, 1.165) is 10.0 Å². The van der Waals surface area contributed by atoms with Crippen LogP contribution in [0.2, 0.25) is 10.3 Å². The predicted octanol–water partition coefficient (Wildman–Crippen LogP) is 4.21. The second kappa shape index (κ2) is 5.12. The lowest BCUT2D eigenvalue weighted by atomic mass is 10.3. The van der Waals surface area contributed by atoms with Gasteiger partial charge in [-0.3, -0.25) is 4.98 Å². The molecule has 0 fully saturated rings. The molecule has 0 aliphatic heterocycles. The number of pyridine rings is 1. The van der Waals surface area contributed by atoms with Crippen LogP contribution in [0.15, 0.2) is 22.9 Å². The van der Waals surface area contributed by atoms with E-state index in [2.05, 4.69) is 30.9 Å². The van der Waals surface area contributed by atoms with Crippen LogP contribution in [-0.2, 0) is 0 Å². The number of nitrogens with zero attached hydrogens (tertiary/aromatic N) is 3. The van der Waals surface area contributed by atoms with Crippen LogP contribution in [0.5, 0.6) is 0 Å². The molecular weight excluding hydrogens is 428 g/mol. The molecule has 0 saturated heterocycles. The topological polar surface area (TPSA) is 38.7 Å². The van der Waals surface area contributed by atoms with E-state index in [1.54, 1.807) is 12.4 Å². The zero-order valence-corrected chi connectivity index (χ0v) is 12.8. The Kier molecular flexibility index (Phi) is 3.99. The Morgan fingerprint density at radius 1 is 1.12 bits per heavy atom. The molecule has 0 unspecified atom stereocenters. The molecule has 0 amide bonds. The lowest BCUT2D eigenvalue weighted by Gasteiger charge is -2.03. The van der Waals surface area contributed by atoms with Gasteiger partial charge in [0.05, 0.1) is 3.57 Å². The quantitative estimate of drug-likeness (QED) is 0.502. The standard InChI is InChI=1S/C9H3BrCl2IN3/c10-5-1-4(2-14-3-5)9-15-7(11)6(13)8(12)16-9/h1-3H. The summed E-state index contributed by atoms with van der Waals surface area (Å²) in [6.45, 7) is 0. The summed E-state index contributed by atoms with van der Waals surface area (Å²) in [5.74, 6) is 0.462. The summed E-state index contributed by atoms with van der Waals surface area (Å²) in [5, 5.41) is 0.686. The molecule has 0 atom stereocenters. The number of halogens is 4. The van der Waals surface area contributed by atoms with E-state index >= 15 is 0 Å². The number of aromatic nitrogens is 3. The molecule has 0 spiro atoms. The Morgan fingerprint density at radius 3 is 2.31 bits per heavy atom. The van der Waals surface area contributed by atoms with Crippen molar-refractivity contribution in [3.63, 3.8) is 0 Å². The fourth-order valence-corrected chi connectivity index (χ4v) is 2.05. The SMILES string of the molecule is Clc1nc(-c2cncc(Br)c2)nc(Cl)c1I. The van der Waals surface area contributed by atoms with E-state index in [4.69, 9.17) is 23.2 Å². The molecule has 16 heavy (non-hydrogen) atoms. The van der Waals surface area contributed by atoms with Gasteiger partial charge < -0.3 is 0 Å². The van der Waals surface area contributed by atoms with E-state index in [-0.39, 0.29) is 0 Å². The summed E-state index contributed by atoms with van der Waals surface area (Å²) in [4.78, 5) is 12.3. The Labute approximate surface area is 124 Å². The second-order valence-corrected chi connectivity index (χ2v) is 5.55. The fraction of sp³-hybridized carbons (Fsp3) is 0. The summed E-state index contributed by atoms with van der Waals surface area (Å²) in [7, 11) is 0. The van der Waals surface area contributed by atoms with Crippen molar-refractivity contribution in [2.24, 2.45) is 0 Å². The van der Waals surface area contributed by atoms with Crippen LogP contribution in [0.1, 0.15) is 0 Å². The van der Waals surface area contributed by atoms with Gasteiger partial charge in [0.1, 0.15) is 10.3 Å². The Hall–Kier alpha value is 0.0200. The molecule has 0 bridgehead atoms. The van der Waals surface area contributed by atoms with Crippen LogP contribution in [0.4, 0.5) is 0 Å². The third kappa shape index (κ3) is 2.64. The second-order valence-electron chi connectivity index (χ2n) is 2.83. The maximum atomic E-state index is 5.93. The lowest BCUT2D eigenvalue weighted by molar-refractivity contribution is 1.15. The largest absolute Gasteiger partial charge is 0.263 e. The molecule has 0 aliphatic rings. The average molecular weight is 431 g/mol. The van der Waals surface area contributed by atoms with Gasteiger partial charge >= 0.3 is 0 Å². The normalized spacial score (nSPS) is 10.5. The molecule has 2 rings (SSSR count). The molecule has 82 valence electrons. The third-order valence-electron chi connectivity index (χ3n) is 1.73. The highest BCUT2D eigenvalue weighted by Gasteiger charge is 2.10. The zero-order valence-electron chi connectivity index (χ0n) is 7.59. The van der Waals surface area contributed by atoms with Crippen molar-refractivity contribution in [3.05, 3.63) is 36.8 Å². The molecule has 0 N–H and O–H groups in total. The van der Waals surface area contributed by atoms with E-state index in [1.165, 1.54) is 0 Å². The van der Waals surface area contributed by atoms with Crippen LogP contribution >= 0.6 is 61.7 Å². The van der Waals surface area contributed by atoms with Crippen molar-refractivity contribution < 1.29 is 0 Å². The minimum atomic E-state index is 0.343. The van der Waals surface area contributed by atoms with Gasteiger partial charge in [0, 0.05) is 22.4 Å². The van der Waals surface area contributed by atoms with E-state index in [9.17, 15) is 0 Å². The van der Waals surface area contributed by atoms with Crippen molar-refractivity contribution >= 4 is 61.7 Å². The van der Waals surface area contributed by atoms with Gasteiger partial charge in [-0.1, -0.05) is 23.2 Å². The molecule has 7 heteroatoms. The zero-order chi connectivity index (χ0) is 11.7. The van der Waals surface area contributed by atoms with Gasteiger partial charge in [0.25, 0.3) is 0 Å². The van der Waals surface area contributed by atoms with Gasteiger partial charge in [0.2, 0.25) is 0 Å². The van der Waals surface area contributed by atoms with E-state index in [1.807, 2.05) is 28.7 Å². The molecule has 3 nitrogen and oxygen atoms in total. The summed E-state index contributed by atoms with van der Waals surface area (Å²) < 4.78 is 1.49. The summed E-state index contributed by atoms with van der Waals surface area (Å²) in [6, 6.07) is 1.85. The Morgan fingerprint density at radius 2 is 1.75 bits per heavy atom. The first-order valence-corrected chi connectivity index (χ1v) is 6.70. The maximum Gasteiger partial charge on any atom is 0.164 e. The molecule has 2 aromatic heterocycles. The summed E-state index contributed by atoms with van der Waals surface area (Å²) >= 11 is 17.2. The van der Waals surface area contributed by atoms with E-state index < -0.39 is 0 Å². The first-order valence-electron chi connectivity index (χ1n) is 4.07. The molecule has 2 aromatic rings. The first kappa shape index (κ1) is 12.5. The van der Waals surface area contributed by atoms with Crippen molar-refractivity contribution in [2.45, 2.75) is 0 Å². The van der Waals surface area contributed by atoms with Gasteiger partial charge in [-0.25, -0.2) is 9.97 Å². The maximum absolute atomic E-state index is 5.93. The fourth-order valence-electron chi connectivity index (χ4n) is 1.06. The van der Waals surface area contributed by atoms with E-state index in [0.29, 0.717) is 19.7 Å². The van der Waals surface area contributed by atoms with Gasteiger partial charge in [-0.15, -0.1) is 0 Å². The smallest absolute Gasteiger partial charge is 0.164 e. The predicted molar refractivity (Wildman–Crippen MR) is 75.7 cm³/mol. The molecule has 2 heterocycles. The Bertz CT molecular complexity index is 527. The molecular formula is C9H3BrCl2IN3. The molecule has 0 saturated carbocycles. The monoisotopic (exact) mass is 429 g/mol. The highest BCUT2D eigenvalue weighted by molar-refractivity contribution is 14.1. The number of rotatable bonds is 1. The minimum absolute atomic E-state index is 0.343. The van der Waals surface area contributed by atoms with Crippen LogP contribution in [-0.4, -0.2) is 15.0 Å². The first-order chi connectivity index (χ1) is 7.58. The highest BCUT2D eigenvalue weighted by Crippen LogP contribution is 2.27. The van der Waals surface area contributed by atoms with Crippen LogP contribution in [0.25, 0.3) is 11.4 Å².